The number of nitrogens with zero attached hydrogens (tertiary/aromatic N) is 2. The topological polar surface area (TPSA) is 84.2 Å². The highest BCUT2D eigenvalue weighted by molar-refractivity contribution is 6.42. The van der Waals surface area contributed by atoms with E-state index in [0.717, 1.165) is 13.1 Å². The predicted octanol–water partition coefficient (Wildman–Crippen LogP) is 5.98. The van der Waals surface area contributed by atoms with E-state index in [9.17, 15) is 27.2 Å². The van der Waals surface area contributed by atoms with Crippen LogP contribution in [-0.4, -0.2) is 32.8 Å². The lowest BCUT2D eigenvalue weighted by Gasteiger charge is -2.21. The van der Waals surface area contributed by atoms with E-state index in [-0.39, 0.29) is 27.7 Å². The molecule has 1 aromatic heterocycles. The van der Waals surface area contributed by atoms with Gasteiger partial charge in [-0.3, -0.25) is 9.48 Å². The van der Waals surface area contributed by atoms with Gasteiger partial charge in [-0.2, -0.15) is 18.3 Å². The molecule has 0 fully saturated rings. The van der Waals surface area contributed by atoms with E-state index in [1.807, 2.05) is 0 Å². The van der Waals surface area contributed by atoms with E-state index in [2.05, 4.69) is 10.4 Å². The van der Waals surface area contributed by atoms with Crippen LogP contribution in [0.3, 0.4) is 0 Å². The summed E-state index contributed by atoms with van der Waals surface area (Å²) in [7, 11) is 1.07. The number of carbonyl (C=O) groups excluding carboxylic acids is 1. The highest BCUT2D eigenvalue weighted by atomic mass is 35.5. The van der Waals surface area contributed by atoms with E-state index in [1.54, 1.807) is 6.07 Å². The lowest BCUT2D eigenvalue weighted by molar-refractivity contribution is -0.144. The average Bonchev–Trinajstić information content (AvgIpc) is 3.09. The Morgan fingerprint density at radius 3 is 2.37 bits per heavy atom. The van der Waals surface area contributed by atoms with Crippen molar-refractivity contribution < 1.29 is 32.3 Å². The van der Waals surface area contributed by atoms with Crippen molar-refractivity contribution >= 4 is 35.1 Å². The normalized spacial score (nSPS) is 14.6. The first kappa shape index (κ1) is 28.4. The van der Waals surface area contributed by atoms with Crippen LogP contribution in [0.2, 0.25) is 10.0 Å². The number of aryl methyl sites for hydroxylation is 1. The molecule has 2 atom stereocenters. The number of nitrogens with one attached hydrogen (secondary N) is 1. The number of carbonyl (C=O) groups is 2. The van der Waals surface area contributed by atoms with Crippen molar-refractivity contribution in [2.45, 2.75) is 39.4 Å². The molecule has 12 heteroatoms. The van der Waals surface area contributed by atoms with Gasteiger partial charge in [-0.15, -0.1) is 0 Å². The molecular weight excluding hydrogens is 513 g/mol. The van der Waals surface area contributed by atoms with Crippen molar-refractivity contribution in [3.05, 3.63) is 74.3 Å². The summed E-state index contributed by atoms with van der Waals surface area (Å²) in [5.74, 6) is -4.33. The van der Waals surface area contributed by atoms with Crippen LogP contribution in [0.1, 0.15) is 48.1 Å². The minimum atomic E-state index is -4.90. The van der Waals surface area contributed by atoms with Gasteiger partial charge in [-0.1, -0.05) is 42.3 Å². The number of hydrogen-bond acceptors (Lipinski definition) is 3. The Morgan fingerprint density at radius 2 is 1.86 bits per heavy atom. The van der Waals surface area contributed by atoms with Crippen LogP contribution in [0.5, 0.6) is 0 Å². The highest BCUT2D eigenvalue weighted by Gasteiger charge is 2.41. The second-order valence-electron chi connectivity index (χ2n) is 7.85. The van der Waals surface area contributed by atoms with Gasteiger partial charge in [-0.05, 0) is 37.6 Å². The highest BCUT2D eigenvalue weighted by Crippen LogP contribution is 2.34. The first-order chi connectivity index (χ1) is 16.2. The summed E-state index contributed by atoms with van der Waals surface area (Å²) in [6.45, 7) is 4.18. The van der Waals surface area contributed by atoms with Crippen LogP contribution < -0.4 is 5.32 Å². The predicted molar refractivity (Wildman–Crippen MR) is 124 cm³/mol. The summed E-state index contributed by atoms with van der Waals surface area (Å²) in [5, 5.41) is 15.8. The molecule has 1 heterocycles. The third-order valence-electron chi connectivity index (χ3n) is 5.37. The van der Waals surface area contributed by atoms with Gasteiger partial charge >= 0.3 is 12.1 Å². The second-order valence-corrected chi connectivity index (χ2v) is 8.66. The maximum absolute atomic E-state index is 14.6. The summed E-state index contributed by atoms with van der Waals surface area (Å²) < 4.78 is 56.6. The first-order valence-corrected chi connectivity index (χ1v) is 11.1. The van der Waals surface area contributed by atoms with Crippen molar-refractivity contribution in [1.29, 1.82) is 0 Å². The molecule has 2 unspecified atom stereocenters. The average molecular weight is 536 g/mol. The molecule has 1 aromatic carbocycles. The standard InChI is InChI=1S/C23H23Cl2F4N3O3/c1-5-14(22(34)35)10-17(26)11(2)12(3)30-21(33)19-18(31-32(4)20(19)23(27,28)29)9-13-6-7-15(24)16(25)8-13/h5-8,10-12H,9H2,1-4H3,(H,30,33)(H,34,35)/b14-5+,17-10+. The summed E-state index contributed by atoms with van der Waals surface area (Å²) in [6, 6.07) is 3.50. The lowest BCUT2D eigenvalue weighted by atomic mass is 9.99. The van der Waals surface area contributed by atoms with Gasteiger partial charge in [0.1, 0.15) is 5.83 Å². The Bertz CT molecular complexity index is 1190. The quantitative estimate of drug-likeness (QED) is 0.247. The molecule has 1 amide bonds. The van der Waals surface area contributed by atoms with Gasteiger partial charge in [0, 0.05) is 25.4 Å². The van der Waals surface area contributed by atoms with Gasteiger partial charge < -0.3 is 10.4 Å². The smallest absolute Gasteiger partial charge is 0.433 e. The fourth-order valence-electron chi connectivity index (χ4n) is 3.30. The first-order valence-electron chi connectivity index (χ1n) is 10.3. The van der Waals surface area contributed by atoms with E-state index in [1.165, 1.54) is 39.0 Å². The van der Waals surface area contributed by atoms with Gasteiger partial charge in [0.15, 0.2) is 5.69 Å². The number of carboxylic acid groups (broad SMARTS) is 1. The Balaban J connectivity index is 2.41. The number of benzene rings is 1. The summed E-state index contributed by atoms with van der Waals surface area (Å²) in [6.07, 6.45) is -3.05. The third-order valence-corrected chi connectivity index (χ3v) is 6.10. The van der Waals surface area contributed by atoms with Gasteiger partial charge in [0.2, 0.25) is 0 Å². The number of allylic oxidation sites excluding steroid dienone is 1. The molecule has 0 aliphatic heterocycles. The van der Waals surface area contributed by atoms with Crippen LogP contribution in [0.4, 0.5) is 17.6 Å². The molecule has 2 N–H and O–H groups in total. The van der Waals surface area contributed by atoms with E-state index >= 15 is 0 Å². The zero-order valence-corrected chi connectivity index (χ0v) is 20.7. The fraction of sp³-hybridized carbons (Fsp3) is 0.348. The molecule has 0 saturated carbocycles. The van der Waals surface area contributed by atoms with E-state index in [4.69, 9.17) is 28.3 Å². The van der Waals surface area contributed by atoms with Crippen LogP contribution in [0, 0.1) is 5.92 Å². The minimum absolute atomic E-state index is 0.148. The molecule has 6 nitrogen and oxygen atoms in total. The zero-order valence-electron chi connectivity index (χ0n) is 19.2. The van der Waals surface area contributed by atoms with Gasteiger partial charge in [0.05, 0.1) is 26.9 Å². The van der Waals surface area contributed by atoms with Crippen molar-refractivity contribution in [3.8, 4) is 0 Å². The molecule has 0 saturated heterocycles. The number of hydrogen-bond donors (Lipinski definition) is 2. The second kappa shape index (κ2) is 11.3. The molecule has 0 spiro atoms. The molecule has 0 bridgehead atoms. The molecule has 2 rings (SSSR count). The molecule has 0 aliphatic carbocycles. The fourth-order valence-corrected chi connectivity index (χ4v) is 3.62. The number of aromatic nitrogens is 2. The Morgan fingerprint density at radius 1 is 1.23 bits per heavy atom. The van der Waals surface area contributed by atoms with Gasteiger partial charge in [-0.25, -0.2) is 9.18 Å². The number of aliphatic carboxylic acids is 1. The number of alkyl halides is 3. The molecule has 0 aliphatic rings. The van der Waals surface area contributed by atoms with Crippen LogP contribution in [0.25, 0.3) is 0 Å². The summed E-state index contributed by atoms with van der Waals surface area (Å²) in [5.41, 5.74) is -1.95. The maximum atomic E-state index is 14.6. The third kappa shape index (κ3) is 6.85. The van der Waals surface area contributed by atoms with Crippen molar-refractivity contribution in [2.24, 2.45) is 13.0 Å². The van der Waals surface area contributed by atoms with E-state index in [0.29, 0.717) is 10.2 Å². The summed E-state index contributed by atoms with van der Waals surface area (Å²) >= 11 is 11.9. The molecule has 0 radical (unpaired) electrons. The van der Waals surface area contributed by atoms with Crippen molar-refractivity contribution in [3.63, 3.8) is 0 Å². The lowest BCUT2D eigenvalue weighted by Crippen LogP contribution is -2.38. The van der Waals surface area contributed by atoms with Crippen molar-refractivity contribution in [1.82, 2.24) is 15.1 Å². The Kier molecular flexibility index (Phi) is 9.13. The summed E-state index contributed by atoms with van der Waals surface area (Å²) in [4.78, 5) is 24.1. The largest absolute Gasteiger partial charge is 0.478 e. The molecule has 2 aromatic rings. The Labute approximate surface area is 209 Å². The molecule has 190 valence electrons. The van der Waals surface area contributed by atoms with Crippen molar-refractivity contribution in [2.75, 3.05) is 0 Å². The molecular formula is C23H23Cl2F4N3O3. The number of amides is 1. The zero-order chi connectivity index (χ0) is 26.7. The van der Waals surface area contributed by atoms with Crippen LogP contribution >= 0.6 is 23.2 Å². The Hall–Kier alpha value is -2.85. The minimum Gasteiger partial charge on any atom is -0.478 e. The molecule has 35 heavy (non-hydrogen) atoms. The number of halogens is 6. The van der Waals surface area contributed by atoms with Crippen LogP contribution in [0.15, 0.2) is 41.8 Å². The SMILES string of the molecule is C/C=C(\C=C(\F)C(C)C(C)NC(=O)c1c(Cc2ccc(Cl)c(Cl)c2)nn(C)c1C(F)(F)F)C(=O)O. The van der Waals surface area contributed by atoms with Crippen LogP contribution in [-0.2, 0) is 24.4 Å². The number of rotatable bonds is 8. The maximum Gasteiger partial charge on any atom is 0.433 e. The van der Waals surface area contributed by atoms with Gasteiger partial charge in [0.25, 0.3) is 5.91 Å². The van der Waals surface area contributed by atoms with E-state index < -0.39 is 47.1 Å². The number of carboxylic acids is 1. The monoisotopic (exact) mass is 535 g/mol.